The molecule has 0 N–H and O–H groups in total. The highest BCUT2D eigenvalue weighted by Crippen LogP contribution is 2.16. The fraction of sp³-hybridized carbons (Fsp3) is 0.412. The van der Waals surface area contributed by atoms with Gasteiger partial charge < -0.3 is 14.2 Å². The summed E-state index contributed by atoms with van der Waals surface area (Å²) in [6, 6.07) is 3.04. The van der Waals surface area contributed by atoms with Gasteiger partial charge in [0.25, 0.3) is 5.91 Å². The average molecular weight is 364 g/mol. The molecular weight excluding hydrogens is 346 g/mol. The molecule has 0 radical (unpaired) electrons. The Morgan fingerprint density at radius 3 is 2.15 bits per heavy atom. The third-order valence-corrected chi connectivity index (χ3v) is 4.14. The molecule has 1 aromatic carbocycles. The van der Waals surface area contributed by atoms with Crippen LogP contribution in [0.5, 0.6) is 0 Å². The molecule has 1 fully saturated rings. The number of carbonyl (C=O) groups is 2. The second-order valence-corrected chi connectivity index (χ2v) is 6.31. The molecule has 3 rings (SSSR count). The molecule has 0 bridgehead atoms. The van der Waals surface area contributed by atoms with Crippen molar-refractivity contribution in [3.05, 3.63) is 47.2 Å². The van der Waals surface area contributed by atoms with Gasteiger partial charge in [0.15, 0.2) is 11.6 Å². The van der Waals surface area contributed by atoms with Crippen molar-refractivity contribution in [2.75, 3.05) is 26.2 Å². The summed E-state index contributed by atoms with van der Waals surface area (Å²) >= 11 is 0. The second-order valence-electron chi connectivity index (χ2n) is 6.31. The molecule has 7 nitrogen and oxygen atoms in total. The van der Waals surface area contributed by atoms with E-state index in [-0.39, 0.29) is 49.5 Å². The van der Waals surface area contributed by atoms with E-state index in [2.05, 4.69) is 10.2 Å². The highest BCUT2D eigenvalue weighted by Gasteiger charge is 2.28. The number of rotatable bonds is 3. The maximum Gasteiger partial charge on any atom is 0.311 e. The van der Waals surface area contributed by atoms with Gasteiger partial charge in [-0.25, -0.2) is 8.78 Å². The normalized spacial score (nSPS) is 14.8. The smallest absolute Gasteiger partial charge is 0.311 e. The molecule has 1 aliphatic rings. The van der Waals surface area contributed by atoms with Crippen LogP contribution < -0.4 is 0 Å². The van der Waals surface area contributed by atoms with Crippen LogP contribution in [0.3, 0.4) is 0 Å². The first-order valence-electron chi connectivity index (χ1n) is 8.24. The van der Waals surface area contributed by atoms with Crippen LogP contribution in [0.4, 0.5) is 8.78 Å². The van der Waals surface area contributed by atoms with Gasteiger partial charge in [0, 0.05) is 37.7 Å². The third kappa shape index (κ3) is 3.56. The van der Waals surface area contributed by atoms with Gasteiger partial charge in [-0.2, -0.15) is 0 Å². The van der Waals surface area contributed by atoms with Crippen molar-refractivity contribution in [2.45, 2.75) is 19.8 Å². The molecule has 2 heterocycles. The van der Waals surface area contributed by atoms with Crippen LogP contribution in [0.15, 0.2) is 22.6 Å². The number of nitrogens with zero attached hydrogens (tertiary/aromatic N) is 4. The van der Waals surface area contributed by atoms with Gasteiger partial charge in [0.1, 0.15) is 0 Å². The Morgan fingerprint density at radius 1 is 1.00 bits per heavy atom. The molecule has 2 aromatic rings. The first-order chi connectivity index (χ1) is 12.4. The fourth-order valence-corrected chi connectivity index (χ4v) is 2.61. The predicted molar refractivity (Wildman–Crippen MR) is 86.6 cm³/mol. The Labute approximate surface area is 148 Å². The van der Waals surface area contributed by atoms with Crippen LogP contribution in [-0.2, 0) is 0 Å². The molecular formula is C17H18F2N4O3. The summed E-state index contributed by atoms with van der Waals surface area (Å²) < 4.78 is 31.6. The van der Waals surface area contributed by atoms with Crippen molar-refractivity contribution in [1.29, 1.82) is 0 Å². The lowest BCUT2D eigenvalue weighted by Crippen LogP contribution is -2.50. The summed E-state index contributed by atoms with van der Waals surface area (Å²) in [6.07, 6.45) is 0. The van der Waals surface area contributed by atoms with Crippen LogP contribution >= 0.6 is 0 Å². The zero-order chi connectivity index (χ0) is 18.8. The second kappa shape index (κ2) is 7.19. The van der Waals surface area contributed by atoms with Crippen molar-refractivity contribution in [2.24, 2.45) is 0 Å². The number of carbonyl (C=O) groups excluding carboxylic acids is 2. The van der Waals surface area contributed by atoms with E-state index in [4.69, 9.17) is 4.42 Å². The first kappa shape index (κ1) is 18.0. The molecule has 26 heavy (non-hydrogen) atoms. The Hall–Kier alpha value is -2.84. The van der Waals surface area contributed by atoms with E-state index in [1.165, 1.54) is 15.9 Å². The van der Waals surface area contributed by atoms with Gasteiger partial charge in [0.05, 0.1) is 0 Å². The van der Waals surface area contributed by atoms with Gasteiger partial charge >= 0.3 is 11.8 Å². The van der Waals surface area contributed by atoms with E-state index < -0.39 is 17.5 Å². The minimum absolute atomic E-state index is 0.0228. The average Bonchev–Trinajstić information content (AvgIpc) is 3.13. The van der Waals surface area contributed by atoms with Crippen LogP contribution in [0, 0.1) is 11.6 Å². The van der Waals surface area contributed by atoms with Crippen LogP contribution in [0.1, 0.15) is 46.7 Å². The maximum atomic E-state index is 13.3. The lowest BCUT2D eigenvalue weighted by atomic mass is 10.1. The molecule has 138 valence electrons. The molecule has 9 heteroatoms. The Bertz CT molecular complexity index is 829. The summed E-state index contributed by atoms with van der Waals surface area (Å²) in [5.74, 6) is -2.52. The molecule has 1 aromatic heterocycles. The molecule has 0 saturated carbocycles. The van der Waals surface area contributed by atoms with E-state index in [0.717, 1.165) is 12.1 Å². The van der Waals surface area contributed by atoms with E-state index >= 15 is 0 Å². The quantitative estimate of drug-likeness (QED) is 0.833. The van der Waals surface area contributed by atoms with E-state index in [1.807, 2.05) is 13.8 Å². The van der Waals surface area contributed by atoms with Gasteiger partial charge in [-0.15, -0.1) is 10.2 Å². The van der Waals surface area contributed by atoms with E-state index in [9.17, 15) is 18.4 Å². The SMILES string of the molecule is CC(C)c1nnc(C(=O)N2CCN(C(=O)c3ccc(F)c(F)c3)CC2)o1. The minimum Gasteiger partial charge on any atom is -0.417 e. The van der Waals surface area contributed by atoms with Crippen molar-refractivity contribution >= 4 is 11.8 Å². The maximum absolute atomic E-state index is 13.3. The van der Waals surface area contributed by atoms with Crippen molar-refractivity contribution in [3.63, 3.8) is 0 Å². The third-order valence-electron chi connectivity index (χ3n) is 4.14. The van der Waals surface area contributed by atoms with Crippen LogP contribution in [0.25, 0.3) is 0 Å². The Kier molecular flexibility index (Phi) is 4.97. The molecule has 2 amide bonds. The van der Waals surface area contributed by atoms with Gasteiger partial charge in [-0.3, -0.25) is 9.59 Å². The zero-order valence-corrected chi connectivity index (χ0v) is 14.4. The molecule has 0 spiro atoms. The van der Waals surface area contributed by atoms with E-state index in [0.29, 0.717) is 5.89 Å². The predicted octanol–water partition coefficient (Wildman–Crippen LogP) is 2.07. The highest BCUT2D eigenvalue weighted by molar-refractivity contribution is 5.94. The summed E-state index contributed by atoms with van der Waals surface area (Å²) in [7, 11) is 0. The summed E-state index contributed by atoms with van der Waals surface area (Å²) in [5, 5.41) is 7.60. The number of aromatic nitrogens is 2. The Balaban J connectivity index is 1.62. The van der Waals surface area contributed by atoms with Crippen molar-refractivity contribution in [1.82, 2.24) is 20.0 Å². The molecule has 0 unspecified atom stereocenters. The number of halogens is 2. The number of amides is 2. The summed E-state index contributed by atoms with van der Waals surface area (Å²) in [5.41, 5.74) is 0.0714. The zero-order valence-electron chi connectivity index (χ0n) is 14.4. The number of benzene rings is 1. The standard InChI is InChI=1S/C17H18F2N4O3/c1-10(2)14-20-21-15(26-14)17(25)23-7-5-22(6-8-23)16(24)11-3-4-12(18)13(19)9-11/h3-4,9-10H,5-8H2,1-2H3. The van der Waals surface area contributed by atoms with E-state index in [1.54, 1.807) is 0 Å². The van der Waals surface area contributed by atoms with Crippen LogP contribution in [0.2, 0.25) is 0 Å². The highest BCUT2D eigenvalue weighted by atomic mass is 19.2. The minimum atomic E-state index is -1.07. The lowest BCUT2D eigenvalue weighted by molar-refractivity contribution is 0.0512. The monoisotopic (exact) mass is 364 g/mol. The largest absolute Gasteiger partial charge is 0.417 e. The Morgan fingerprint density at radius 2 is 1.62 bits per heavy atom. The summed E-state index contributed by atoms with van der Waals surface area (Å²) in [6.45, 7) is 4.87. The molecule has 0 aliphatic carbocycles. The molecule has 1 aliphatic heterocycles. The number of piperazine rings is 1. The topological polar surface area (TPSA) is 79.5 Å². The summed E-state index contributed by atoms with van der Waals surface area (Å²) in [4.78, 5) is 27.8. The lowest BCUT2D eigenvalue weighted by Gasteiger charge is -2.34. The van der Waals surface area contributed by atoms with Crippen LogP contribution in [-0.4, -0.2) is 58.0 Å². The molecule has 0 atom stereocenters. The van der Waals surface area contributed by atoms with Crippen molar-refractivity contribution in [3.8, 4) is 0 Å². The first-order valence-corrected chi connectivity index (χ1v) is 8.24. The van der Waals surface area contributed by atoms with Gasteiger partial charge in [-0.1, -0.05) is 13.8 Å². The van der Waals surface area contributed by atoms with Gasteiger partial charge in [-0.05, 0) is 18.2 Å². The number of hydrogen-bond acceptors (Lipinski definition) is 5. The van der Waals surface area contributed by atoms with Crippen molar-refractivity contribution < 1.29 is 22.8 Å². The molecule has 1 saturated heterocycles. The van der Waals surface area contributed by atoms with Gasteiger partial charge in [0.2, 0.25) is 5.89 Å². The fourth-order valence-electron chi connectivity index (χ4n) is 2.61. The number of hydrogen-bond donors (Lipinski definition) is 0.